The van der Waals surface area contributed by atoms with Crippen molar-refractivity contribution in [1.29, 1.82) is 0 Å². The van der Waals surface area contributed by atoms with Crippen LogP contribution in [0.2, 0.25) is 0 Å². The number of hydrogen-bond donors (Lipinski definition) is 1. The molecule has 0 aliphatic carbocycles. The van der Waals surface area contributed by atoms with Crippen LogP contribution >= 0.6 is 0 Å². The molecule has 0 aliphatic rings. The van der Waals surface area contributed by atoms with Crippen molar-refractivity contribution >= 4 is 5.82 Å². The van der Waals surface area contributed by atoms with E-state index in [0.717, 1.165) is 17.0 Å². The Morgan fingerprint density at radius 2 is 1.68 bits per heavy atom. The summed E-state index contributed by atoms with van der Waals surface area (Å²) in [4.78, 5) is 8.90. The second kappa shape index (κ2) is 4.88. The number of aromatic nitrogens is 2. The molecular formula is C15H19N3O. The van der Waals surface area contributed by atoms with Gasteiger partial charge in [-0.25, -0.2) is 9.97 Å². The van der Waals surface area contributed by atoms with Crippen LogP contribution in [0.5, 0.6) is 5.75 Å². The summed E-state index contributed by atoms with van der Waals surface area (Å²) in [6.45, 7) is 6.31. The molecular weight excluding hydrogens is 238 g/mol. The van der Waals surface area contributed by atoms with E-state index in [1.165, 1.54) is 0 Å². The van der Waals surface area contributed by atoms with E-state index in [9.17, 15) is 0 Å². The maximum absolute atomic E-state index is 5.87. The standard InChI is InChI=1S/C15H19N3O/c1-15(2,3)12-9-13(16)18-14(17-12)10-5-7-11(19-4)8-6-10/h5-9H,1-4H3,(H2,16,17,18). The van der Waals surface area contributed by atoms with Gasteiger partial charge in [0, 0.05) is 17.0 Å². The quantitative estimate of drug-likeness (QED) is 0.898. The van der Waals surface area contributed by atoms with Crippen molar-refractivity contribution in [3.8, 4) is 17.1 Å². The third kappa shape index (κ3) is 3.02. The van der Waals surface area contributed by atoms with E-state index in [1.807, 2.05) is 30.3 Å². The van der Waals surface area contributed by atoms with Crippen molar-refractivity contribution in [2.24, 2.45) is 0 Å². The molecule has 0 saturated carbocycles. The second-order valence-electron chi connectivity index (χ2n) is 5.48. The van der Waals surface area contributed by atoms with Gasteiger partial charge in [-0.05, 0) is 24.3 Å². The van der Waals surface area contributed by atoms with Crippen molar-refractivity contribution in [1.82, 2.24) is 9.97 Å². The smallest absolute Gasteiger partial charge is 0.161 e. The third-order valence-corrected chi connectivity index (χ3v) is 2.86. The van der Waals surface area contributed by atoms with Gasteiger partial charge in [0.1, 0.15) is 11.6 Å². The lowest BCUT2D eigenvalue weighted by atomic mass is 9.92. The summed E-state index contributed by atoms with van der Waals surface area (Å²) >= 11 is 0. The zero-order valence-corrected chi connectivity index (χ0v) is 11.8. The average molecular weight is 257 g/mol. The number of nitrogen functional groups attached to an aromatic ring is 1. The topological polar surface area (TPSA) is 61.0 Å². The number of anilines is 1. The first-order valence-corrected chi connectivity index (χ1v) is 6.19. The van der Waals surface area contributed by atoms with Crippen LogP contribution in [-0.2, 0) is 5.41 Å². The molecule has 0 unspecified atom stereocenters. The minimum absolute atomic E-state index is 0.0573. The fraction of sp³-hybridized carbons (Fsp3) is 0.333. The molecule has 0 spiro atoms. The summed E-state index contributed by atoms with van der Waals surface area (Å²) in [5.74, 6) is 1.95. The van der Waals surface area contributed by atoms with Crippen LogP contribution in [0.4, 0.5) is 5.82 Å². The Morgan fingerprint density at radius 1 is 1.05 bits per heavy atom. The second-order valence-corrected chi connectivity index (χ2v) is 5.48. The Bertz CT molecular complexity index is 571. The number of nitrogens with zero attached hydrogens (tertiary/aromatic N) is 2. The monoisotopic (exact) mass is 257 g/mol. The fourth-order valence-corrected chi connectivity index (χ4v) is 1.72. The number of methoxy groups -OCH3 is 1. The van der Waals surface area contributed by atoms with E-state index in [4.69, 9.17) is 10.5 Å². The molecule has 2 N–H and O–H groups in total. The SMILES string of the molecule is COc1ccc(-c2nc(N)cc(C(C)(C)C)n2)cc1. The van der Waals surface area contributed by atoms with E-state index in [1.54, 1.807) is 7.11 Å². The average Bonchev–Trinajstić information content (AvgIpc) is 2.37. The van der Waals surface area contributed by atoms with Crippen molar-refractivity contribution < 1.29 is 4.74 Å². The first-order chi connectivity index (χ1) is 8.90. The van der Waals surface area contributed by atoms with Crippen molar-refractivity contribution in [3.05, 3.63) is 36.0 Å². The van der Waals surface area contributed by atoms with E-state index < -0.39 is 0 Å². The summed E-state index contributed by atoms with van der Waals surface area (Å²) in [6.07, 6.45) is 0. The highest BCUT2D eigenvalue weighted by Gasteiger charge is 2.17. The van der Waals surface area contributed by atoms with Crippen LogP contribution in [0, 0.1) is 0 Å². The summed E-state index contributed by atoms with van der Waals surface area (Å²) in [6, 6.07) is 9.46. The molecule has 0 bridgehead atoms. The van der Waals surface area contributed by atoms with Gasteiger partial charge in [-0.1, -0.05) is 20.8 Å². The first kappa shape index (κ1) is 13.3. The Labute approximate surface area is 113 Å². The molecule has 0 aliphatic heterocycles. The van der Waals surface area contributed by atoms with E-state index in [-0.39, 0.29) is 5.41 Å². The molecule has 0 fully saturated rings. The fourth-order valence-electron chi connectivity index (χ4n) is 1.72. The minimum Gasteiger partial charge on any atom is -0.497 e. The molecule has 2 aromatic rings. The molecule has 4 nitrogen and oxygen atoms in total. The van der Waals surface area contributed by atoms with Crippen LogP contribution < -0.4 is 10.5 Å². The maximum atomic E-state index is 5.87. The summed E-state index contributed by atoms with van der Waals surface area (Å²) in [5.41, 5.74) is 7.68. The molecule has 1 aromatic carbocycles. The number of hydrogen-bond acceptors (Lipinski definition) is 4. The lowest BCUT2D eigenvalue weighted by molar-refractivity contribution is 0.415. The largest absolute Gasteiger partial charge is 0.497 e. The van der Waals surface area contributed by atoms with Gasteiger partial charge in [0.15, 0.2) is 5.82 Å². The lowest BCUT2D eigenvalue weighted by Crippen LogP contribution is -2.15. The van der Waals surface area contributed by atoms with Gasteiger partial charge in [-0.15, -0.1) is 0 Å². The van der Waals surface area contributed by atoms with Gasteiger partial charge in [0.05, 0.1) is 12.8 Å². The van der Waals surface area contributed by atoms with Crippen LogP contribution in [-0.4, -0.2) is 17.1 Å². The molecule has 0 saturated heterocycles. The van der Waals surface area contributed by atoms with Crippen molar-refractivity contribution in [2.45, 2.75) is 26.2 Å². The molecule has 0 amide bonds. The Morgan fingerprint density at radius 3 is 2.21 bits per heavy atom. The minimum atomic E-state index is -0.0573. The maximum Gasteiger partial charge on any atom is 0.161 e. The van der Waals surface area contributed by atoms with Gasteiger partial charge in [0.25, 0.3) is 0 Å². The summed E-state index contributed by atoms with van der Waals surface area (Å²) < 4.78 is 5.14. The normalized spacial score (nSPS) is 11.4. The molecule has 2 rings (SSSR count). The van der Waals surface area contributed by atoms with Crippen molar-refractivity contribution in [3.63, 3.8) is 0 Å². The Balaban J connectivity index is 2.46. The number of benzene rings is 1. The molecule has 100 valence electrons. The van der Waals surface area contributed by atoms with Gasteiger partial charge in [-0.3, -0.25) is 0 Å². The van der Waals surface area contributed by atoms with E-state index >= 15 is 0 Å². The summed E-state index contributed by atoms with van der Waals surface area (Å²) in [7, 11) is 1.64. The number of ether oxygens (including phenoxy) is 1. The molecule has 4 heteroatoms. The van der Waals surface area contributed by atoms with Crippen LogP contribution in [0.3, 0.4) is 0 Å². The van der Waals surface area contributed by atoms with E-state index in [0.29, 0.717) is 11.6 Å². The van der Waals surface area contributed by atoms with Crippen LogP contribution in [0.15, 0.2) is 30.3 Å². The third-order valence-electron chi connectivity index (χ3n) is 2.86. The lowest BCUT2D eigenvalue weighted by Gasteiger charge is -2.18. The van der Waals surface area contributed by atoms with Crippen molar-refractivity contribution in [2.75, 3.05) is 12.8 Å². The predicted octanol–water partition coefficient (Wildman–Crippen LogP) is 3.03. The van der Waals surface area contributed by atoms with Gasteiger partial charge in [0.2, 0.25) is 0 Å². The van der Waals surface area contributed by atoms with Crippen LogP contribution in [0.25, 0.3) is 11.4 Å². The Kier molecular flexibility index (Phi) is 3.42. The van der Waals surface area contributed by atoms with Gasteiger partial charge < -0.3 is 10.5 Å². The predicted molar refractivity (Wildman–Crippen MR) is 77.1 cm³/mol. The van der Waals surface area contributed by atoms with Gasteiger partial charge in [-0.2, -0.15) is 0 Å². The summed E-state index contributed by atoms with van der Waals surface area (Å²) in [5, 5.41) is 0. The Hall–Kier alpha value is -2.10. The molecule has 19 heavy (non-hydrogen) atoms. The molecule has 1 aromatic heterocycles. The van der Waals surface area contributed by atoms with Gasteiger partial charge >= 0.3 is 0 Å². The number of nitrogens with two attached hydrogens (primary N) is 1. The zero-order valence-electron chi connectivity index (χ0n) is 11.8. The number of rotatable bonds is 2. The van der Waals surface area contributed by atoms with Crippen LogP contribution in [0.1, 0.15) is 26.5 Å². The highest BCUT2D eigenvalue weighted by molar-refractivity contribution is 5.58. The molecule has 0 atom stereocenters. The first-order valence-electron chi connectivity index (χ1n) is 6.19. The highest BCUT2D eigenvalue weighted by atomic mass is 16.5. The van der Waals surface area contributed by atoms with E-state index in [2.05, 4.69) is 30.7 Å². The molecule has 0 radical (unpaired) electrons. The highest BCUT2D eigenvalue weighted by Crippen LogP contribution is 2.25. The molecule has 1 heterocycles. The zero-order chi connectivity index (χ0) is 14.0.